The maximum absolute atomic E-state index is 11.7. The van der Waals surface area contributed by atoms with Gasteiger partial charge in [0.2, 0.25) is 5.91 Å². The monoisotopic (exact) mass is 355 g/mol. The van der Waals surface area contributed by atoms with Crippen molar-refractivity contribution in [1.82, 2.24) is 5.32 Å². The van der Waals surface area contributed by atoms with E-state index < -0.39 is 0 Å². The Morgan fingerprint density at radius 2 is 2.10 bits per heavy atom. The lowest BCUT2D eigenvalue weighted by Gasteiger charge is -2.05. The molecule has 1 rings (SSSR count). The van der Waals surface area contributed by atoms with Crippen LogP contribution < -0.4 is 10.1 Å². The van der Waals surface area contributed by atoms with Crippen LogP contribution in [0, 0.1) is 0 Å². The molecule has 0 aliphatic carbocycles. The normalized spacial score (nSPS) is 10.8. The van der Waals surface area contributed by atoms with Gasteiger partial charge in [0.1, 0.15) is 5.75 Å². The molecule has 0 aliphatic heterocycles. The third-order valence-electron chi connectivity index (χ3n) is 2.99. The summed E-state index contributed by atoms with van der Waals surface area (Å²) in [6.45, 7) is 0.897. The van der Waals surface area contributed by atoms with Crippen LogP contribution in [0.5, 0.6) is 5.75 Å². The maximum atomic E-state index is 11.7. The third kappa shape index (κ3) is 7.29. The van der Waals surface area contributed by atoms with Crippen LogP contribution >= 0.6 is 15.9 Å². The number of hydrogen-bond acceptors (Lipinski definition) is 3. The molecule has 1 amide bonds. The van der Waals surface area contributed by atoms with E-state index in [0.717, 1.165) is 41.5 Å². The number of halogens is 1. The topological polar surface area (TPSA) is 58.6 Å². The molecule has 0 aliphatic rings. The highest BCUT2D eigenvalue weighted by Gasteiger charge is 2.01. The van der Waals surface area contributed by atoms with Gasteiger partial charge >= 0.3 is 0 Å². The van der Waals surface area contributed by atoms with E-state index in [1.54, 1.807) is 13.2 Å². The van der Waals surface area contributed by atoms with Crippen molar-refractivity contribution in [3.8, 4) is 5.75 Å². The van der Waals surface area contributed by atoms with Gasteiger partial charge in [-0.1, -0.05) is 28.8 Å². The first-order valence-corrected chi connectivity index (χ1v) is 7.87. The van der Waals surface area contributed by atoms with Crippen molar-refractivity contribution in [2.24, 2.45) is 0 Å². The molecule has 116 valence electrons. The van der Waals surface area contributed by atoms with Crippen LogP contribution in [-0.4, -0.2) is 31.3 Å². The third-order valence-corrected chi connectivity index (χ3v) is 3.48. The molecule has 0 saturated carbocycles. The Hall–Kier alpha value is -1.33. The number of rotatable bonds is 9. The van der Waals surface area contributed by atoms with Gasteiger partial charge in [-0.05, 0) is 37.1 Å². The van der Waals surface area contributed by atoms with Crippen molar-refractivity contribution in [3.05, 3.63) is 34.3 Å². The smallest absolute Gasteiger partial charge is 0.244 e. The van der Waals surface area contributed by atoms with Crippen LogP contribution in [0.3, 0.4) is 0 Å². The lowest BCUT2D eigenvalue weighted by atomic mass is 10.2. The first kappa shape index (κ1) is 17.7. The fourth-order valence-electron chi connectivity index (χ4n) is 1.86. The van der Waals surface area contributed by atoms with Crippen LogP contribution in [-0.2, 0) is 4.79 Å². The first-order valence-electron chi connectivity index (χ1n) is 7.07. The van der Waals surface area contributed by atoms with Crippen LogP contribution in [0.2, 0.25) is 0 Å². The molecule has 0 spiro atoms. The lowest BCUT2D eigenvalue weighted by molar-refractivity contribution is -0.116. The molecule has 0 saturated heterocycles. The number of nitrogens with one attached hydrogen (secondary N) is 1. The Morgan fingerprint density at radius 3 is 2.81 bits per heavy atom. The summed E-state index contributed by atoms with van der Waals surface area (Å²) in [5, 5.41) is 11.5. The molecule has 0 fully saturated rings. The molecule has 0 heterocycles. The maximum Gasteiger partial charge on any atom is 0.244 e. The molecule has 1 aromatic rings. The summed E-state index contributed by atoms with van der Waals surface area (Å²) in [5.74, 6) is 0.616. The van der Waals surface area contributed by atoms with E-state index in [1.165, 1.54) is 6.08 Å². The van der Waals surface area contributed by atoms with Crippen molar-refractivity contribution in [2.75, 3.05) is 20.3 Å². The molecule has 0 bridgehead atoms. The SMILES string of the molecule is COc1ccc(Br)cc1/C=C/C(=O)NCCCCCCO. The van der Waals surface area contributed by atoms with Gasteiger partial charge in [-0.3, -0.25) is 4.79 Å². The van der Waals surface area contributed by atoms with Crippen molar-refractivity contribution < 1.29 is 14.6 Å². The Labute approximate surface area is 134 Å². The molecule has 2 N–H and O–H groups in total. The summed E-state index contributed by atoms with van der Waals surface area (Å²) < 4.78 is 6.18. The van der Waals surface area contributed by atoms with Crippen molar-refractivity contribution >= 4 is 27.9 Å². The van der Waals surface area contributed by atoms with Gasteiger partial charge in [0, 0.05) is 29.3 Å². The van der Waals surface area contributed by atoms with E-state index in [2.05, 4.69) is 21.2 Å². The Bertz CT molecular complexity index is 475. The molecule has 4 nitrogen and oxygen atoms in total. The van der Waals surface area contributed by atoms with Gasteiger partial charge in [0.25, 0.3) is 0 Å². The molecule has 1 aromatic carbocycles. The summed E-state index contributed by atoms with van der Waals surface area (Å²) in [4.78, 5) is 11.7. The number of hydrogen-bond donors (Lipinski definition) is 2. The number of carbonyl (C=O) groups is 1. The Balaban J connectivity index is 2.38. The zero-order valence-corrected chi connectivity index (χ0v) is 13.9. The number of amides is 1. The number of unbranched alkanes of at least 4 members (excludes halogenated alkanes) is 3. The summed E-state index contributed by atoms with van der Waals surface area (Å²) in [7, 11) is 1.60. The summed E-state index contributed by atoms with van der Waals surface area (Å²) in [6.07, 6.45) is 7.03. The molecule has 0 aromatic heterocycles. The van der Waals surface area contributed by atoms with E-state index >= 15 is 0 Å². The van der Waals surface area contributed by atoms with Crippen molar-refractivity contribution in [3.63, 3.8) is 0 Å². The van der Waals surface area contributed by atoms with Crippen LogP contribution in [0.4, 0.5) is 0 Å². The van der Waals surface area contributed by atoms with Crippen molar-refractivity contribution in [2.45, 2.75) is 25.7 Å². The lowest BCUT2D eigenvalue weighted by Crippen LogP contribution is -2.21. The number of carbonyl (C=O) groups excluding carboxylic acids is 1. The van der Waals surface area contributed by atoms with Crippen LogP contribution in [0.25, 0.3) is 6.08 Å². The molecule has 21 heavy (non-hydrogen) atoms. The minimum absolute atomic E-state index is 0.112. The van der Waals surface area contributed by atoms with E-state index in [9.17, 15) is 4.79 Å². The highest BCUT2D eigenvalue weighted by Crippen LogP contribution is 2.23. The quantitative estimate of drug-likeness (QED) is 0.528. The van der Waals surface area contributed by atoms with Gasteiger partial charge in [-0.2, -0.15) is 0 Å². The molecular weight excluding hydrogens is 334 g/mol. The average molecular weight is 356 g/mol. The summed E-state index contributed by atoms with van der Waals surface area (Å²) in [6, 6.07) is 5.64. The predicted molar refractivity (Wildman–Crippen MR) is 88.3 cm³/mol. The highest BCUT2D eigenvalue weighted by atomic mass is 79.9. The second-order valence-electron chi connectivity index (χ2n) is 4.65. The number of aliphatic hydroxyl groups is 1. The Kier molecular flexibility index (Phi) is 8.78. The van der Waals surface area contributed by atoms with E-state index in [0.29, 0.717) is 6.54 Å². The number of benzene rings is 1. The Morgan fingerprint density at radius 1 is 1.33 bits per heavy atom. The van der Waals surface area contributed by atoms with E-state index in [4.69, 9.17) is 9.84 Å². The second kappa shape index (κ2) is 10.4. The van der Waals surface area contributed by atoms with Gasteiger partial charge < -0.3 is 15.2 Å². The summed E-state index contributed by atoms with van der Waals surface area (Å²) in [5.41, 5.74) is 0.852. The first-order chi connectivity index (χ1) is 10.2. The van der Waals surface area contributed by atoms with Crippen LogP contribution in [0.15, 0.2) is 28.7 Å². The summed E-state index contributed by atoms with van der Waals surface area (Å²) >= 11 is 3.40. The molecule has 0 radical (unpaired) electrons. The second-order valence-corrected chi connectivity index (χ2v) is 5.56. The predicted octanol–water partition coefficient (Wildman–Crippen LogP) is 3.14. The minimum Gasteiger partial charge on any atom is -0.496 e. The van der Waals surface area contributed by atoms with Gasteiger partial charge in [0.15, 0.2) is 0 Å². The van der Waals surface area contributed by atoms with Gasteiger partial charge in [-0.15, -0.1) is 0 Å². The minimum atomic E-state index is -0.112. The molecule has 0 atom stereocenters. The zero-order chi connectivity index (χ0) is 15.5. The fourth-order valence-corrected chi connectivity index (χ4v) is 2.24. The van der Waals surface area contributed by atoms with E-state index in [-0.39, 0.29) is 12.5 Å². The molecule has 5 heteroatoms. The largest absolute Gasteiger partial charge is 0.496 e. The van der Waals surface area contributed by atoms with Crippen LogP contribution in [0.1, 0.15) is 31.2 Å². The molecular formula is C16H22BrNO3. The number of methoxy groups -OCH3 is 1. The number of ether oxygens (including phenoxy) is 1. The average Bonchev–Trinajstić information content (AvgIpc) is 2.49. The van der Waals surface area contributed by atoms with Gasteiger partial charge in [0.05, 0.1) is 7.11 Å². The van der Waals surface area contributed by atoms with E-state index in [1.807, 2.05) is 18.2 Å². The zero-order valence-electron chi connectivity index (χ0n) is 12.3. The van der Waals surface area contributed by atoms with Gasteiger partial charge in [-0.25, -0.2) is 0 Å². The number of aliphatic hydroxyl groups excluding tert-OH is 1. The molecule has 0 unspecified atom stereocenters. The highest BCUT2D eigenvalue weighted by molar-refractivity contribution is 9.10. The van der Waals surface area contributed by atoms with Crippen molar-refractivity contribution in [1.29, 1.82) is 0 Å². The fraction of sp³-hybridized carbons (Fsp3) is 0.438. The standard InChI is InChI=1S/C16H22BrNO3/c1-21-15-8-7-14(17)12-13(15)6-9-16(20)18-10-4-2-3-5-11-19/h6-9,12,19H,2-5,10-11H2,1H3,(H,18,20)/b9-6+.